The molecule has 3 aromatic carbocycles. The molecule has 1 aliphatic rings. The molecule has 1 N–H and O–H groups in total. The number of aromatic nitrogens is 1. The molecule has 0 saturated heterocycles. The van der Waals surface area contributed by atoms with Crippen molar-refractivity contribution < 1.29 is 23.5 Å². The summed E-state index contributed by atoms with van der Waals surface area (Å²) in [5.41, 5.74) is 4.07. The lowest BCUT2D eigenvalue weighted by molar-refractivity contribution is -0.141. The largest absolute Gasteiger partial charge is 0.493 e. The zero-order valence-electron chi connectivity index (χ0n) is 24.3. The van der Waals surface area contributed by atoms with Crippen molar-refractivity contribution in [3.63, 3.8) is 0 Å². The number of para-hydroxylation sites is 1. The second-order valence-corrected chi connectivity index (χ2v) is 10.8. The van der Waals surface area contributed by atoms with Crippen molar-refractivity contribution in [3.05, 3.63) is 101 Å². The van der Waals surface area contributed by atoms with E-state index in [9.17, 15) is 9.59 Å². The number of carbonyl (C=O) groups excluding carboxylic acids is 2. The molecule has 0 radical (unpaired) electrons. The first kappa shape index (κ1) is 29.1. The highest BCUT2D eigenvalue weighted by molar-refractivity contribution is 6.03. The Morgan fingerprint density at radius 2 is 1.67 bits per heavy atom. The van der Waals surface area contributed by atoms with Crippen molar-refractivity contribution in [2.45, 2.75) is 57.9 Å². The van der Waals surface area contributed by atoms with Gasteiger partial charge in [0.2, 0.25) is 5.89 Å². The first-order valence-corrected chi connectivity index (χ1v) is 14.7. The normalized spacial score (nSPS) is 14.2. The molecule has 1 saturated carbocycles. The molecule has 0 bridgehead atoms. The molecule has 5 rings (SSSR count). The Labute approximate surface area is 247 Å². The molecule has 1 aliphatic carbocycles. The Hall–Kier alpha value is -4.39. The van der Waals surface area contributed by atoms with Crippen molar-refractivity contribution in [2.75, 3.05) is 19.0 Å². The lowest BCUT2D eigenvalue weighted by atomic mass is 9.83. The molecule has 1 fully saturated rings. The van der Waals surface area contributed by atoms with E-state index in [0.29, 0.717) is 36.6 Å². The fourth-order valence-corrected chi connectivity index (χ4v) is 5.52. The van der Waals surface area contributed by atoms with E-state index in [1.165, 1.54) is 13.5 Å². The SMILES string of the molecule is COC(=O)C(Cc1ccc(OCCc2nc(-c3ccccc3)oc2C)cc1)Nc1ccccc1C(=O)C1CCCCC1. The summed E-state index contributed by atoms with van der Waals surface area (Å²) >= 11 is 0. The molecule has 0 amide bonds. The number of hydrogen-bond donors (Lipinski definition) is 1. The van der Waals surface area contributed by atoms with E-state index in [1.54, 1.807) is 0 Å². The number of ketones is 1. The van der Waals surface area contributed by atoms with Crippen LogP contribution in [0.15, 0.2) is 83.3 Å². The van der Waals surface area contributed by atoms with Gasteiger partial charge in [-0.25, -0.2) is 9.78 Å². The molecule has 1 heterocycles. The van der Waals surface area contributed by atoms with Crippen molar-refractivity contribution in [1.29, 1.82) is 0 Å². The molecule has 0 aliphatic heterocycles. The fraction of sp³-hybridized carbons (Fsp3) is 0.343. The Bertz CT molecular complexity index is 1470. The summed E-state index contributed by atoms with van der Waals surface area (Å²) < 4.78 is 16.9. The summed E-state index contributed by atoms with van der Waals surface area (Å²) in [5, 5.41) is 3.31. The molecule has 0 spiro atoms. The zero-order chi connectivity index (χ0) is 29.3. The summed E-state index contributed by atoms with van der Waals surface area (Å²) in [7, 11) is 1.38. The number of Topliss-reactive ketones (excluding diaryl/α,β-unsaturated/α-hetero) is 1. The van der Waals surface area contributed by atoms with Crippen LogP contribution in [0.25, 0.3) is 11.5 Å². The number of nitrogens with one attached hydrogen (secondary N) is 1. The minimum absolute atomic E-state index is 0.0462. The lowest BCUT2D eigenvalue weighted by Gasteiger charge is -2.23. The highest BCUT2D eigenvalue weighted by Crippen LogP contribution is 2.30. The highest BCUT2D eigenvalue weighted by atomic mass is 16.5. The van der Waals surface area contributed by atoms with E-state index in [2.05, 4.69) is 10.3 Å². The first-order valence-electron chi connectivity index (χ1n) is 14.7. The van der Waals surface area contributed by atoms with Crippen molar-refractivity contribution in [2.24, 2.45) is 5.92 Å². The smallest absolute Gasteiger partial charge is 0.328 e. The second-order valence-electron chi connectivity index (χ2n) is 10.8. The summed E-state index contributed by atoms with van der Waals surface area (Å²) in [6.07, 6.45) is 6.24. The van der Waals surface area contributed by atoms with E-state index < -0.39 is 6.04 Å². The van der Waals surface area contributed by atoms with Gasteiger partial charge in [0.1, 0.15) is 17.6 Å². The van der Waals surface area contributed by atoms with Crippen molar-refractivity contribution >= 4 is 17.4 Å². The van der Waals surface area contributed by atoms with Crippen molar-refractivity contribution in [3.8, 4) is 17.2 Å². The van der Waals surface area contributed by atoms with Crippen LogP contribution < -0.4 is 10.1 Å². The summed E-state index contributed by atoms with van der Waals surface area (Å²) in [4.78, 5) is 30.7. The molecule has 42 heavy (non-hydrogen) atoms. The second kappa shape index (κ2) is 14.0. The molecule has 7 nitrogen and oxygen atoms in total. The Balaban J connectivity index is 1.19. The maximum Gasteiger partial charge on any atom is 0.328 e. The van der Waals surface area contributed by atoms with E-state index in [4.69, 9.17) is 13.9 Å². The van der Waals surface area contributed by atoms with Crippen LogP contribution in [0, 0.1) is 12.8 Å². The van der Waals surface area contributed by atoms with E-state index in [1.807, 2.05) is 85.8 Å². The molecule has 4 aromatic rings. The highest BCUT2D eigenvalue weighted by Gasteiger charge is 2.26. The third-order valence-corrected chi connectivity index (χ3v) is 7.87. The van der Waals surface area contributed by atoms with Crippen LogP contribution >= 0.6 is 0 Å². The van der Waals surface area contributed by atoms with Crippen molar-refractivity contribution in [1.82, 2.24) is 4.98 Å². The third kappa shape index (κ3) is 7.27. The number of aryl methyl sites for hydroxylation is 1. The topological polar surface area (TPSA) is 90.7 Å². The third-order valence-electron chi connectivity index (χ3n) is 7.87. The molecule has 7 heteroatoms. The molecule has 1 atom stereocenters. The van der Waals surface area contributed by atoms with Gasteiger partial charge in [0.15, 0.2) is 5.78 Å². The van der Waals surface area contributed by atoms with Crippen LogP contribution in [-0.4, -0.2) is 36.5 Å². The number of nitrogens with zero attached hydrogens (tertiary/aromatic N) is 1. The number of esters is 1. The number of carbonyl (C=O) groups is 2. The molecule has 1 aromatic heterocycles. The summed E-state index contributed by atoms with van der Waals surface area (Å²) in [6, 6.07) is 24.3. The molecule has 1 unspecified atom stereocenters. The lowest BCUT2D eigenvalue weighted by Crippen LogP contribution is -2.33. The van der Waals surface area contributed by atoms with Gasteiger partial charge in [-0.3, -0.25) is 4.79 Å². The number of benzene rings is 3. The van der Waals surface area contributed by atoms with Gasteiger partial charge in [-0.05, 0) is 61.7 Å². The Morgan fingerprint density at radius 3 is 2.40 bits per heavy atom. The fourth-order valence-electron chi connectivity index (χ4n) is 5.52. The zero-order valence-corrected chi connectivity index (χ0v) is 24.3. The number of oxazole rings is 1. The Morgan fingerprint density at radius 1 is 0.952 bits per heavy atom. The van der Waals surface area contributed by atoms with E-state index in [-0.39, 0.29) is 17.7 Å². The van der Waals surface area contributed by atoms with Gasteiger partial charge in [0.25, 0.3) is 0 Å². The number of hydrogen-bond acceptors (Lipinski definition) is 7. The van der Waals surface area contributed by atoms with E-state index >= 15 is 0 Å². The summed E-state index contributed by atoms with van der Waals surface area (Å²) in [6.45, 7) is 2.37. The standard InChI is InChI=1S/C35H38N2O5/c1-24-30(37-34(42-24)27-13-7-4-8-14-27)21-22-41-28-19-17-25(18-20-28)23-32(35(39)40-2)36-31-16-10-9-15-29(31)33(38)26-11-5-3-6-12-26/h4,7-10,13-20,26,32,36H,3,5-6,11-12,21-23H2,1-2H3. The molecular weight excluding hydrogens is 528 g/mol. The van der Waals surface area contributed by atoms with Gasteiger partial charge in [0, 0.05) is 35.6 Å². The maximum absolute atomic E-state index is 13.3. The monoisotopic (exact) mass is 566 g/mol. The van der Waals surface area contributed by atoms with E-state index in [0.717, 1.165) is 54.0 Å². The maximum atomic E-state index is 13.3. The van der Waals surface area contributed by atoms with Crippen LogP contribution in [0.3, 0.4) is 0 Å². The average molecular weight is 567 g/mol. The van der Waals surface area contributed by atoms with Crippen LogP contribution in [0.2, 0.25) is 0 Å². The van der Waals surface area contributed by atoms with Crippen LogP contribution in [0.4, 0.5) is 5.69 Å². The van der Waals surface area contributed by atoms with Gasteiger partial charge in [0.05, 0.1) is 19.4 Å². The van der Waals surface area contributed by atoms with Crippen LogP contribution in [0.1, 0.15) is 59.5 Å². The van der Waals surface area contributed by atoms with Crippen LogP contribution in [0.5, 0.6) is 5.75 Å². The minimum Gasteiger partial charge on any atom is -0.493 e. The van der Waals surface area contributed by atoms with Gasteiger partial charge < -0.3 is 19.2 Å². The average Bonchev–Trinajstić information content (AvgIpc) is 3.42. The van der Waals surface area contributed by atoms with Gasteiger partial charge >= 0.3 is 5.97 Å². The minimum atomic E-state index is -0.643. The number of anilines is 1. The Kier molecular flexibility index (Phi) is 9.70. The molecule has 218 valence electrons. The quantitative estimate of drug-likeness (QED) is 0.143. The number of methoxy groups -OCH3 is 1. The number of ether oxygens (including phenoxy) is 2. The van der Waals surface area contributed by atoms with Gasteiger partial charge in [-0.2, -0.15) is 0 Å². The summed E-state index contributed by atoms with van der Waals surface area (Å²) in [5.74, 6) is 1.95. The number of rotatable bonds is 12. The first-order chi connectivity index (χ1) is 20.5. The van der Waals surface area contributed by atoms with Crippen LogP contribution in [-0.2, 0) is 22.4 Å². The van der Waals surface area contributed by atoms with Gasteiger partial charge in [-0.15, -0.1) is 0 Å². The predicted octanol–water partition coefficient (Wildman–Crippen LogP) is 7.23. The predicted molar refractivity (Wildman–Crippen MR) is 163 cm³/mol. The van der Waals surface area contributed by atoms with Gasteiger partial charge in [-0.1, -0.05) is 61.7 Å². The molecular formula is C35H38N2O5.